The van der Waals surface area contributed by atoms with Gasteiger partial charge in [-0.25, -0.2) is 4.79 Å². The summed E-state index contributed by atoms with van der Waals surface area (Å²) in [6, 6.07) is 4.95. The second-order valence-corrected chi connectivity index (χ2v) is 4.14. The topological polar surface area (TPSA) is 93.7 Å². The molecule has 2 N–H and O–H groups in total. The second-order valence-electron chi connectivity index (χ2n) is 4.14. The molecule has 1 aliphatic heterocycles. The summed E-state index contributed by atoms with van der Waals surface area (Å²) in [5, 5.41) is 15.4. The molecule has 7 nitrogen and oxygen atoms in total. The van der Waals surface area contributed by atoms with E-state index in [0.717, 1.165) is 0 Å². The van der Waals surface area contributed by atoms with E-state index in [-0.39, 0.29) is 5.69 Å². The Morgan fingerprint density at radius 2 is 2.20 bits per heavy atom. The standard InChI is InChI=1S/C13H12N2O5/c1-18-11-7(8-6-9(13(16)17)15-14-8)2-3-10-12(11)20-5-4-19-10/h2-3,6H,4-5H2,1H3,(H,14,15)(H,16,17). The molecule has 0 bridgehead atoms. The molecule has 2 aromatic rings. The van der Waals surface area contributed by atoms with Crippen molar-refractivity contribution in [2.24, 2.45) is 0 Å². The molecule has 7 heteroatoms. The van der Waals surface area contributed by atoms with Crippen molar-refractivity contribution in [3.63, 3.8) is 0 Å². The number of fused-ring (bicyclic) bond motifs is 1. The number of aromatic carboxylic acids is 1. The van der Waals surface area contributed by atoms with Gasteiger partial charge >= 0.3 is 5.97 Å². The highest BCUT2D eigenvalue weighted by Gasteiger charge is 2.22. The number of rotatable bonds is 3. The number of ether oxygens (including phenoxy) is 3. The first-order valence-corrected chi connectivity index (χ1v) is 5.96. The fourth-order valence-electron chi connectivity index (χ4n) is 2.06. The molecule has 0 unspecified atom stereocenters. The van der Waals surface area contributed by atoms with Crippen LogP contribution in [-0.4, -0.2) is 41.6 Å². The van der Waals surface area contributed by atoms with Crippen LogP contribution in [0.2, 0.25) is 0 Å². The number of hydrogen-bond acceptors (Lipinski definition) is 5. The van der Waals surface area contributed by atoms with Gasteiger partial charge in [-0.05, 0) is 18.2 Å². The van der Waals surface area contributed by atoms with Crippen molar-refractivity contribution in [3.05, 3.63) is 23.9 Å². The summed E-state index contributed by atoms with van der Waals surface area (Å²) in [5.74, 6) is 0.521. The average Bonchev–Trinajstić information content (AvgIpc) is 2.95. The van der Waals surface area contributed by atoms with Gasteiger partial charge in [-0.15, -0.1) is 0 Å². The van der Waals surface area contributed by atoms with Gasteiger partial charge in [0.15, 0.2) is 11.5 Å². The average molecular weight is 276 g/mol. The molecule has 104 valence electrons. The highest BCUT2D eigenvalue weighted by Crippen LogP contribution is 2.45. The van der Waals surface area contributed by atoms with E-state index in [1.807, 2.05) is 0 Å². The molecule has 0 aliphatic carbocycles. The van der Waals surface area contributed by atoms with Gasteiger partial charge in [0, 0.05) is 5.56 Å². The van der Waals surface area contributed by atoms with E-state index in [1.165, 1.54) is 13.2 Å². The molecule has 0 fully saturated rings. The molecule has 0 saturated heterocycles. The van der Waals surface area contributed by atoms with Crippen LogP contribution >= 0.6 is 0 Å². The Hall–Kier alpha value is -2.70. The zero-order chi connectivity index (χ0) is 14.1. The number of carboxylic acid groups (broad SMARTS) is 1. The zero-order valence-electron chi connectivity index (χ0n) is 10.7. The Morgan fingerprint density at radius 3 is 2.90 bits per heavy atom. The molecular weight excluding hydrogens is 264 g/mol. The Balaban J connectivity index is 2.10. The van der Waals surface area contributed by atoms with Crippen LogP contribution in [-0.2, 0) is 0 Å². The maximum Gasteiger partial charge on any atom is 0.353 e. The van der Waals surface area contributed by atoms with Gasteiger partial charge in [-0.2, -0.15) is 5.10 Å². The second kappa shape index (κ2) is 4.76. The van der Waals surface area contributed by atoms with Crippen molar-refractivity contribution in [3.8, 4) is 28.5 Å². The summed E-state index contributed by atoms with van der Waals surface area (Å²) in [4.78, 5) is 10.9. The third-order valence-electron chi connectivity index (χ3n) is 2.95. The maximum atomic E-state index is 10.9. The molecular formula is C13H12N2O5. The Morgan fingerprint density at radius 1 is 1.40 bits per heavy atom. The van der Waals surface area contributed by atoms with Crippen LogP contribution in [0.15, 0.2) is 18.2 Å². The smallest absolute Gasteiger partial charge is 0.353 e. The number of nitrogens with zero attached hydrogens (tertiary/aromatic N) is 1. The normalized spacial score (nSPS) is 13.1. The van der Waals surface area contributed by atoms with Crippen LogP contribution in [0.3, 0.4) is 0 Å². The van der Waals surface area contributed by atoms with Crippen LogP contribution in [0, 0.1) is 0 Å². The summed E-state index contributed by atoms with van der Waals surface area (Å²) in [6.07, 6.45) is 0. The predicted octanol–water partition coefficient (Wildman–Crippen LogP) is 1.55. The maximum absolute atomic E-state index is 10.9. The highest BCUT2D eigenvalue weighted by atomic mass is 16.6. The van der Waals surface area contributed by atoms with E-state index in [9.17, 15) is 4.79 Å². The Kier molecular flexibility index (Phi) is 2.94. The first kappa shape index (κ1) is 12.3. The molecule has 0 spiro atoms. The molecule has 0 amide bonds. The van der Waals surface area contributed by atoms with Gasteiger partial charge in [0.25, 0.3) is 0 Å². The summed E-state index contributed by atoms with van der Waals surface area (Å²) < 4.78 is 16.4. The van der Waals surface area contributed by atoms with Gasteiger partial charge in [0.1, 0.15) is 18.9 Å². The number of nitrogens with one attached hydrogen (secondary N) is 1. The number of hydrogen-bond donors (Lipinski definition) is 2. The van der Waals surface area contributed by atoms with Gasteiger partial charge in [0.05, 0.1) is 12.8 Å². The van der Waals surface area contributed by atoms with E-state index in [0.29, 0.717) is 41.7 Å². The number of aromatic nitrogens is 2. The van der Waals surface area contributed by atoms with E-state index in [2.05, 4.69) is 10.2 Å². The van der Waals surface area contributed by atoms with Crippen molar-refractivity contribution in [2.75, 3.05) is 20.3 Å². The number of carbonyl (C=O) groups is 1. The first-order chi connectivity index (χ1) is 9.70. The van der Waals surface area contributed by atoms with E-state index in [4.69, 9.17) is 19.3 Å². The summed E-state index contributed by atoms with van der Waals surface area (Å²) in [5.41, 5.74) is 1.12. The lowest BCUT2D eigenvalue weighted by atomic mass is 10.1. The Labute approximate surface area is 114 Å². The fraction of sp³-hybridized carbons (Fsp3) is 0.231. The molecule has 2 heterocycles. The zero-order valence-corrected chi connectivity index (χ0v) is 10.7. The van der Waals surface area contributed by atoms with Crippen LogP contribution < -0.4 is 14.2 Å². The van der Waals surface area contributed by atoms with E-state index >= 15 is 0 Å². The van der Waals surface area contributed by atoms with E-state index < -0.39 is 5.97 Å². The Bertz CT molecular complexity index is 665. The molecule has 0 radical (unpaired) electrons. The number of benzene rings is 1. The SMILES string of the molecule is COc1c(-c2cc(C(=O)O)[nH]n2)ccc2c1OCCO2. The number of carboxylic acids is 1. The molecule has 0 atom stereocenters. The highest BCUT2D eigenvalue weighted by molar-refractivity contribution is 5.87. The molecule has 20 heavy (non-hydrogen) atoms. The van der Waals surface area contributed by atoms with Gasteiger partial charge in [-0.1, -0.05) is 0 Å². The summed E-state index contributed by atoms with van der Waals surface area (Å²) in [6.45, 7) is 0.925. The van der Waals surface area contributed by atoms with Gasteiger partial charge in [0.2, 0.25) is 5.75 Å². The minimum atomic E-state index is -1.07. The predicted molar refractivity (Wildman–Crippen MR) is 68.5 cm³/mol. The minimum absolute atomic E-state index is 0.0111. The van der Waals surface area contributed by atoms with Crippen LogP contribution in [0.5, 0.6) is 17.2 Å². The van der Waals surface area contributed by atoms with Crippen molar-refractivity contribution >= 4 is 5.97 Å². The van der Waals surface area contributed by atoms with Gasteiger partial charge < -0.3 is 19.3 Å². The van der Waals surface area contributed by atoms with Crippen molar-refractivity contribution in [1.82, 2.24) is 10.2 Å². The largest absolute Gasteiger partial charge is 0.492 e. The molecule has 1 aromatic carbocycles. The summed E-state index contributed by atoms with van der Waals surface area (Å²) in [7, 11) is 1.52. The number of H-pyrrole nitrogens is 1. The van der Waals surface area contributed by atoms with E-state index in [1.54, 1.807) is 12.1 Å². The van der Waals surface area contributed by atoms with Crippen molar-refractivity contribution in [2.45, 2.75) is 0 Å². The fourth-order valence-corrected chi connectivity index (χ4v) is 2.06. The summed E-state index contributed by atoms with van der Waals surface area (Å²) >= 11 is 0. The lowest BCUT2D eigenvalue weighted by molar-refractivity contribution is 0.0690. The minimum Gasteiger partial charge on any atom is -0.492 e. The van der Waals surface area contributed by atoms with Crippen LogP contribution in [0.25, 0.3) is 11.3 Å². The number of methoxy groups -OCH3 is 1. The molecule has 0 saturated carbocycles. The lowest BCUT2D eigenvalue weighted by Crippen LogP contribution is -2.16. The molecule has 3 rings (SSSR count). The molecule has 1 aliphatic rings. The first-order valence-electron chi connectivity index (χ1n) is 5.96. The van der Waals surface area contributed by atoms with Crippen LogP contribution in [0.4, 0.5) is 0 Å². The molecule has 1 aromatic heterocycles. The van der Waals surface area contributed by atoms with Gasteiger partial charge in [-0.3, -0.25) is 5.10 Å². The monoisotopic (exact) mass is 276 g/mol. The van der Waals surface area contributed by atoms with Crippen molar-refractivity contribution in [1.29, 1.82) is 0 Å². The third kappa shape index (κ3) is 1.93. The van der Waals surface area contributed by atoms with Crippen molar-refractivity contribution < 1.29 is 24.1 Å². The number of aromatic amines is 1. The quantitative estimate of drug-likeness (QED) is 0.883. The lowest BCUT2D eigenvalue weighted by Gasteiger charge is -2.21. The third-order valence-corrected chi connectivity index (χ3v) is 2.95. The van der Waals surface area contributed by atoms with Crippen LogP contribution in [0.1, 0.15) is 10.5 Å².